The summed E-state index contributed by atoms with van der Waals surface area (Å²) in [6.07, 6.45) is 3.32. The largest absolute Gasteiger partial charge is 0.354 e. The van der Waals surface area contributed by atoms with Gasteiger partial charge in [0.15, 0.2) is 0 Å². The zero-order valence-electron chi connectivity index (χ0n) is 14.5. The van der Waals surface area contributed by atoms with Gasteiger partial charge in [-0.1, -0.05) is 0 Å². The number of aromatic nitrogens is 3. The molecule has 27 heavy (non-hydrogen) atoms. The molecule has 0 atom stereocenters. The van der Waals surface area contributed by atoms with Crippen LogP contribution in [-0.2, 0) is 6.67 Å². The number of nitriles is 1. The number of benzene rings is 1. The lowest BCUT2D eigenvalue weighted by Gasteiger charge is -2.35. The molecule has 0 saturated carbocycles. The Bertz CT molecular complexity index is 1030. The Labute approximate surface area is 155 Å². The second-order valence-corrected chi connectivity index (χ2v) is 6.41. The molecule has 3 aromatic rings. The van der Waals surface area contributed by atoms with Crippen LogP contribution in [0.25, 0.3) is 10.9 Å². The number of nitrogens with zero attached hydrogens (tertiary/aromatic N) is 7. The van der Waals surface area contributed by atoms with Crippen molar-refractivity contribution >= 4 is 22.4 Å². The van der Waals surface area contributed by atoms with Crippen molar-refractivity contribution < 1.29 is 4.92 Å². The topological polar surface area (TPSA) is 104 Å². The zero-order valence-corrected chi connectivity index (χ0v) is 14.5. The quantitative estimate of drug-likeness (QED) is 0.516. The molecule has 0 unspecified atom stereocenters. The number of anilines is 1. The van der Waals surface area contributed by atoms with E-state index in [2.05, 4.69) is 26.0 Å². The average Bonchev–Trinajstić information content (AvgIpc) is 3.10. The highest BCUT2D eigenvalue weighted by Crippen LogP contribution is 2.21. The number of non-ortho nitro benzene ring substituents is 1. The van der Waals surface area contributed by atoms with E-state index in [-0.39, 0.29) is 5.69 Å². The van der Waals surface area contributed by atoms with Gasteiger partial charge in [-0.3, -0.25) is 19.7 Å². The molecule has 136 valence electrons. The summed E-state index contributed by atoms with van der Waals surface area (Å²) in [5.74, 6) is 0.825. The molecule has 4 rings (SSSR count). The van der Waals surface area contributed by atoms with E-state index in [0.29, 0.717) is 12.2 Å². The van der Waals surface area contributed by atoms with Gasteiger partial charge in [0.25, 0.3) is 5.69 Å². The number of fused-ring (bicyclic) bond motifs is 1. The van der Waals surface area contributed by atoms with Crippen molar-refractivity contribution in [3.05, 3.63) is 58.4 Å². The Morgan fingerprint density at radius 2 is 2.00 bits per heavy atom. The maximum atomic E-state index is 10.9. The number of rotatable bonds is 4. The molecule has 0 radical (unpaired) electrons. The van der Waals surface area contributed by atoms with Gasteiger partial charge >= 0.3 is 0 Å². The van der Waals surface area contributed by atoms with Crippen LogP contribution in [0.4, 0.5) is 11.5 Å². The second kappa shape index (κ2) is 7.01. The fourth-order valence-electron chi connectivity index (χ4n) is 3.27. The minimum atomic E-state index is -0.397. The molecule has 1 aromatic carbocycles. The molecule has 0 N–H and O–H groups in total. The first-order valence-electron chi connectivity index (χ1n) is 8.57. The van der Waals surface area contributed by atoms with Gasteiger partial charge in [-0.15, -0.1) is 0 Å². The summed E-state index contributed by atoms with van der Waals surface area (Å²) in [4.78, 5) is 19.3. The standard InChI is InChI=1S/C18H17N7O2/c19-11-14-3-4-20-18(9-14)23-7-5-22(6-8-23)13-24-17-2-1-16(25(26)27)10-15(17)12-21-24/h1-4,9-10,12H,5-8,13H2. The fraction of sp³-hybridized carbons (Fsp3) is 0.278. The van der Waals surface area contributed by atoms with Crippen LogP contribution in [0.2, 0.25) is 0 Å². The molecule has 1 saturated heterocycles. The number of hydrogen-bond donors (Lipinski definition) is 0. The summed E-state index contributed by atoms with van der Waals surface area (Å²) in [6.45, 7) is 3.93. The second-order valence-electron chi connectivity index (χ2n) is 6.41. The van der Waals surface area contributed by atoms with Crippen molar-refractivity contribution in [2.75, 3.05) is 31.1 Å². The molecule has 1 aliphatic heterocycles. The minimum absolute atomic E-state index is 0.0720. The Kier molecular flexibility index (Phi) is 4.40. The SMILES string of the molecule is N#Cc1ccnc(N2CCN(Cn3ncc4cc([N+](=O)[O-])ccc43)CC2)c1. The number of nitro groups is 1. The minimum Gasteiger partial charge on any atom is -0.354 e. The molecule has 2 aromatic heterocycles. The first-order chi connectivity index (χ1) is 13.1. The molecule has 0 spiro atoms. The summed E-state index contributed by atoms with van der Waals surface area (Å²) in [5, 5.41) is 25.1. The van der Waals surface area contributed by atoms with Gasteiger partial charge in [0, 0.05) is 49.9 Å². The summed E-state index contributed by atoms with van der Waals surface area (Å²) >= 11 is 0. The number of pyridine rings is 1. The van der Waals surface area contributed by atoms with Crippen molar-refractivity contribution in [2.45, 2.75) is 6.67 Å². The third-order valence-corrected chi connectivity index (χ3v) is 4.74. The summed E-state index contributed by atoms with van der Waals surface area (Å²) in [5.41, 5.74) is 1.56. The van der Waals surface area contributed by atoms with Crippen molar-refractivity contribution in [2.24, 2.45) is 0 Å². The average molecular weight is 363 g/mol. The summed E-state index contributed by atoms with van der Waals surface area (Å²) in [7, 11) is 0. The van der Waals surface area contributed by atoms with E-state index in [4.69, 9.17) is 5.26 Å². The van der Waals surface area contributed by atoms with Gasteiger partial charge in [0.05, 0.1) is 34.9 Å². The third kappa shape index (κ3) is 3.43. The zero-order chi connectivity index (χ0) is 18.8. The maximum absolute atomic E-state index is 10.9. The van der Waals surface area contributed by atoms with Crippen LogP contribution in [0.3, 0.4) is 0 Å². The van der Waals surface area contributed by atoms with Gasteiger partial charge < -0.3 is 4.90 Å². The van der Waals surface area contributed by atoms with Crippen LogP contribution >= 0.6 is 0 Å². The summed E-state index contributed by atoms with van der Waals surface area (Å²) in [6, 6.07) is 10.4. The highest BCUT2D eigenvalue weighted by Gasteiger charge is 2.19. The highest BCUT2D eigenvalue weighted by atomic mass is 16.6. The van der Waals surface area contributed by atoms with Crippen LogP contribution in [0, 0.1) is 21.4 Å². The lowest BCUT2D eigenvalue weighted by Crippen LogP contribution is -2.47. The van der Waals surface area contributed by atoms with Crippen LogP contribution in [0.15, 0.2) is 42.7 Å². The normalized spacial score (nSPS) is 15.0. The van der Waals surface area contributed by atoms with Crippen LogP contribution in [0.5, 0.6) is 0 Å². The number of hydrogen-bond acceptors (Lipinski definition) is 7. The summed E-state index contributed by atoms with van der Waals surface area (Å²) < 4.78 is 1.86. The molecular formula is C18H17N7O2. The molecule has 1 aliphatic rings. The van der Waals surface area contributed by atoms with E-state index in [1.165, 1.54) is 6.07 Å². The molecule has 0 amide bonds. The van der Waals surface area contributed by atoms with E-state index >= 15 is 0 Å². The molecule has 9 heteroatoms. The first kappa shape index (κ1) is 16.9. The Balaban J connectivity index is 1.43. The lowest BCUT2D eigenvalue weighted by atomic mass is 10.2. The molecule has 0 aliphatic carbocycles. The highest BCUT2D eigenvalue weighted by molar-refractivity contribution is 5.81. The fourth-order valence-corrected chi connectivity index (χ4v) is 3.27. The van der Waals surface area contributed by atoms with Gasteiger partial charge in [0.1, 0.15) is 5.82 Å². The van der Waals surface area contributed by atoms with Gasteiger partial charge in [0.2, 0.25) is 0 Å². The van der Waals surface area contributed by atoms with E-state index in [1.807, 2.05) is 10.7 Å². The predicted molar refractivity (Wildman–Crippen MR) is 99.1 cm³/mol. The van der Waals surface area contributed by atoms with Gasteiger partial charge in [-0.05, 0) is 18.2 Å². The van der Waals surface area contributed by atoms with Gasteiger partial charge in [-0.25, -0.2) is 4.98 Å². The van der Waals surface area contributed by atoms with E-state index < -0.39 is 4.92 Å². The van der Waals surface area contributed by atoms with Crippen LogP contribution in [-0.4, -0.2) is 50.8 Å². The lowest BCUT2D eigenvalue weighted by molar-refractivity contribution is -0.384. The van der Waals surface area contributed by atoms with E-state index in [9.17, 15) is 10.1 Å². The van der Waals surface area contributed by atoms with Crippen molar-refractivity contribution in [3.63, 3.8) is 0 Å². The van der Waals surface area contributed by atoms with Crippen molar-refractivity contribution in [1.82, 2.24) is 19.7 Å². The smallest absolute Gasteiger partial charge is 0.270 e. The monoisotopic (exact) mass is 363 g/mol. The van der Waals surface area contributed by atoms with Crippen molar-refractivity contribution in [3.8, 4) is 6.07 Å². The van der Waals surface area contributed by atoms with Gasteiger partial charge in [-0.2, -0.15) is 10.4 Å². The molecular weight excluding hydrogens is 346 g/mol. The third-order valence-electron chi connectivity index (χ3n) is 4.74. The predicted octanol–water partition coefficient (Wildman–Crippen LogP) is 1.99. The Morgan fingerprint density at radius 3 is 2.74 bits per heavy atom. The molecule has 9 nitrogen and oxygen atoms in total. The number of nitro benzene ring substituents is 1. The molecule has 3 heterocycles. The maximum Gasteiger partial charge on any atom is 0.270 e. The Hall–Kier alpha value is -3.51. The molecule has 1 fully saturated rings. The molecule has 0 bridgehead atoms. The van der Waals surface area contributed by atoms with Crippen LogP contribution in [0.1, 0.15) is 5.56 Å². The first-order valence-corrected chi connectivity index (χ1v) is 8.57. The number of piperazine rings is 1. The van der Waals surface area contributed by atoms with Crippen molar-refractivity contribution in [1.29, 1.82) is 5.26 Å². The van der Waals surface area contributed by atoms with Crippen LogP contribution < -0.4 is 4.90 Å². The van der Waals surface area contributed by atoms with E-state index in [0.717, 1.165) is 42.9 Å². The van der Waals surface area contributed by atoms with E-state index in [1.54, 1.807) is 30.6 Å². The Morgan fingerprint density at radius 1 is 1.19 bits per heavy atom.